The third kappa shape index (κ3) is 2.57. The molecule has 74 valence electrons. The van der Waals surface area contributed by atoms with E-state index in [-0.39, 0.29) is 0 Å². The molecule has 3 heteroatoms. The lowest BCUT2D eigenvalue weighted by atomic mass is 10.2. The molecule has 0 saturated carbocycles. The van der Waals surface area contributed by atoms with Crippen LogP contribution in [0.5, 0.6) is 5.75 Å². The van der Waals surface area contributed by atoms with E-state index in [4.69, 9.17) is 9.47 Å². The van der Waals surface area contributed by atoms with Crippen LogP contribution in [0.4, 0.5) is 0 Å². The molecule has 1 aliphatic rings. The summed E-state index contributed by atoms with van der Waals surface area (Å²) in [5.41, 5.74) is 1.09. The lowest BCUT2D eigenvalue weighted by Crippen LogP contribution is -2.03. The minimum atomic E-state index is 0.312. The molecule has 1 aromatic carbocycles. The topological polar surface area (TPSA) is 34.1 Å². The van der Waals surface area contributed by atoms with Crippen molar-refractivity contribution in [2.45, 2.75) is 6.10 Å². The first-order valence-electron chi connectivity index (χ1n) is 4.65. The zero-order valence-electron chi connectivity index (χ0n) is 8.14. The van der Waals surface area contributed by atoms with Gasteiger partial charge in [-0.3, -0.25) is 4.99 Å². The van der Waals surface area contributed by atoms with Crippen molar-refractivity contribution in [1.29, 1.82) is 0 Å². The van der Waals surface area contributed by atoms with E-state index in [1.54, 1.807) is 7.05 Å². The summed E-state index contributed by atoms with van der Waals surface area (Å²) in [5, 5.41) is 0. The first-order chi connectivity index (χ1) is 6.88. The first-order valence-corrected chi connectivity index (χ1v) is 4.65. The Morgan fingerprint density at radius 3 is 2.79 bits per heavy atom. The van der Waals surface area contributed by atoms with E-state index in [0.717, 1.165) is 17.9 Å². The molecule has 3 nitrogen and oxygen atoms in total. The smallest absolute Gasteiger partial charge is 0.119 e. The van der Waals surface area contributed by atoms with Gasteiger partial charge in [-0.15, -0.1) is 0 Å². The predicted octanol–water partition coefficient (Wildman–Crippen LogP) is 1.51. The molecule has 1 aromatic rings. The summed E-state index contributed by atoms with van der Waals surface area (Å²) < 4.78 is 10.5. The second kappa shape index (κ2) is 4.24. The van der Waals surface area contributed by atoms with Gasteiger partial charge in [0.25, 0.3) is 0 Å². The maximum Gasteiger partial charge on any atom is 0.119 e. The Kier molecular flexibility index (Phi) is 2.79. The Morgan fingerprint density at radius 1 is 1.50 bits per heavy atom. The number of ether oxygens (including phenoxy) is 2. The van der Waals surface area contributed by atoms with E-state index >= 15 is 0 Å². The lowest BCUT2D eigenvalue weighted by molar-refractivity contribution is 0.263. The van der Waals surface area contributed by atoms with Gasteiger partial charge in [-0.25, -0.2) is 0 Å². The van der Waals surface area contributed by atoms with Crippen molar-refractivity contribution in [1.82, 2.24) is 0 Å². The Bertz CT molecular complexity index is 315. The number of nitrogens with zero attached hydrogens (tertiary/aromatic N) is 1. The second-order valence-corrected chi connectivity index (χ2v) is 3.22. The monoisotopic (exact) mass is 191 g/mol. The summed E-state index contributed by atoms with van der Waals surface area (Å²) in [6.45, 7) is 1.49. The highest BCUT2D eigenvalue weighted by atomic mass is 16.6. The zero-order chi connectivity index (χ0) is 9.80. The summed E-state index contributed by atoms with van der Waals surface area (Å²) in [5.74, 6) is 0.883. The largest absolute Gasteiger partial charge is 0.491 e. The standard InChI is InChI=1S/C11H13NO2/c1-12-6-9-2-4-10(5-3-9)13-7-11-8-14-11/h2-6,11H,7-8H2,1H3. The molecule has 1 fully saturated rings. The van der Waals surface area contributed by atoms with Gasteiger partial charge in [0, 0.05) is 13.3 Å². The average Bonchev–Trinajstić information content (AvgIpc) is 3.01. The molecule has 1 saturated heterocycles. The molecule has 0 bridgehead atoms. The highest BCUT2D eigenvalue weighted by molar-refractivity contribution is 5.79. The second-order valence-electron chi connectivity index (χ2n) is 3.22. The maximum atomic E-state index is 5.49. The van der Waals surface area contributed by atoms with Crippen LogP contribution in [0.15, 0.2) is 29.3 Å². The summed E-state index contributed by atoms with van der Waals surface area (Å²) in [6.07, 6.45) is 2.13. The molecule has 1 aliphatic heterocycles. The number of hydrogen-bond acceptors (Lipinski definition) is 3. The van der Waals surface area contributed by atoms with Gasteiger partial charge in [-0.05, 0) is 29.8 Å². The summed E-state index contributed by atoms with van der Waals surface area (Å²) in [7, 11) is 1.76. The van der Waals surface area contributed by atoms with E-state index in [2.05, 4.69) is 4.99 Å². The quantitative estimate of drug-likeness (QED) is 0.534. The number of epoxide rings is 1. The van der Waals surface area contributed by atoms with Crippen LogP contribution in [0.25, 0.3) is 0 Å². The van der Waals surface area contributed by atoms with Crippen LogP contribution in [0.1, 0.15) is 5.56 Å². The van der Waals surface area contributed by atoms with E-state index in [0.29, 0.717) is 12.7 Å². The molecule has 0 N–H and O–H groups in total. The minimum absolute atomic E-state index is 0.312. The highest BCUT2D eigenvalue weighted by Crippen LogP contribution is 2.15. The van der Waals surface area contributed by atoms with Crippen LogP contribution in [0.3, 0.4) is 0 Å². The Hall–Kier alpha value is -1.35. The minimum Gasteiger partial charge on any atom is -0.491 e. The SMILES string of the molecule is CN=Cc1ccc(OCC2CO2)cc1. The van der Waals surface area contributed by atoms with Gasteiger partial charge >= 0.3 is 0 Å². The van der Waals surface area contributed by atoms with Crippen LogP contribution >= 0.6 is 0 Å². The molecule has 1 unspecified atom stereocenters. The van der Waals surface area contributed by atoms with Crippen molar-refractivity contribution >= 4 is 6.21 Å². The van der Waals surface area contributed by atoms with Gasteiger partial charge < -0.3 is 9.47 Å². The molecule has 2 rings (SSSR count). The highest BCUT2D eigenvalue weighted by Gasteiger charge is 2.22. The van der Waals surface area contributed by atoms with E-state index < -0.39 is 0 Å². The molecular weight excluding hydrogens is 178 g/mol. The average molecular weight is 191 g/mol. The zero-order valence-corrected chi connectivity index (χ0v) is 8.14. The molecular formula is C11H13NO2. The molecule has 0 amide bonds. The number of aliphatic imine (C=N–C) groups is 1. The number of hydrogen-bond donors (Lipinski definition) is 0. The fraction of sp³-hybridized carbons (Fsp3) is 0.364. The van der Waals surface area contributed by atoms with Crippen molar-refractivity contribution in [2.75, 3.05) is 20.3 Å². The van der Waals surface area contributed by atoms with Crippen LogP contribution in [0.2, 0.25) is 0 Å². The van der Waals surface area contributed by atoms with Crippen LogP contribution in [-0.2, 0) is 4.74 Å². The Morgan fingerprint density at radius 2 is 2.21 bits per heavy atom. The fourth-order valence-electron chi connectivity index (χ4n) is 1.15. The molecule has 0 aromatic heterocycles. The molecule has 0 aliphatic carbocycles. The first kappa shape index (κ1) is 9.21. The summed E-state index contributed by atoms with van der Waals surface area (Å²) in [6, 6.07) is 7.85. The molecule has 14 heavy (non-hydrogen) atoms. The van der Waals surface area contributed by atoms with Gasteiger partial charge in [-0.2, -0.15) is 0 Å². The molecule has 0 radical (unpaired) electrons. The van der Waals surface area contributed by atoms with Gasteiger partial charge in [0.15, 0.2) is 0 Å². The van der Waals surface area contributed by atoms with Crippen molar-refractivity contribution < 1.29 is 9.47 Å². The van der Waals surface area contributed by atoms with Crippen LogP contribution in [-0.4, -0.2) is 32.6 Å². The van der Waals surface area contributed by atoms with Crippen LogP contribution < -0.4 is 4.74 Å². The lowest BCUT2D eigenvalue weighted by Gasteiger charge is -2.03. The third-order valence-electron chi connectivity index (χ3n) is 2.00. The molecule has 1 heterocycles. The van der Waals surface area contributed by atoms with Gasteiger partial charge in [-0.1, -0.05) is 0 Å². The summed E-state index contributed by atoms with van der Waals surface area (Å²) >= 11 is 0. The van der Waals surface area contributed by atoms with Crippen molar-refractivity contribution in [3.05, 3.63) is 29.8 Å². The van der Waals surface area contributed by atoms with Gasteiger partial charge in [0.2, 0.25) is 0 Å². The third-order valence-corrected chi connectivity index (χ3v) is 2.00. The molecule has 0 spiro atoms. The van der Waals surface area contributed by atoms with Crippen molar-refractivity contribution in [3.8, 4) is 5.75 Å². The van der Waals surface area contributed by atoms with Gasteiger partial charge in [0.1, 0.15) is 18.5 Å². The Balaban J connectivity index is 1.91. The van der Waals surface area contributed by atoms with Gasteiger partial charge in [0.05, 0.1) is 6.61 Å². The van der Waals surface area contributed by atoms with E-state index in [1.165, 1.54) is 0 Å². The van der Waals surface area contributed by atoms with Crippen LogP contribution in [0, 0.1) is 0 Å². The fourth-order valence-corrected chi connectivity index (χ4v) is 1.15. The summed E-state index contributed by atoms with van der Waals surface area (Å²) in [4.78, 5) is 3.93. The molecule has 1 atom stereocenters. The van der Waals surface area contributed by atoms with Crippen molar-refractivity contribution in [3.63, 3.8) is 0 Å². The predicted molar refractivity (Wildman–Crippen MR) is 55.2 cm³/mol. The number of benzene rings is 1. The normalized spacial score (nSPS) is 19.9. The Labute approximate surface area is 83.4 Å². The van der Waals surface area contributed by atoms with E-state index in [1.807, 2.05) is 30.5 Å². The van der Waals surface area contributed by atoms with E-state index in [9.17, 15) is 0 Å². The number of rotatable bonds is 4. The maximum absolute atomic E-state index is 5.49. The van der Waals surface area contributed by atoms with Crippen molar-refractivity contribution in [2.24, 2.45) is 4.99 Å².